The average Bonchev–Trinajstić information content (AvgIpc) is 2.78. The largest absolute Gasteiger partial charge is 0.324 e. The van der Waals surface area contributed by atoms with Crippen LogP contribution in [0.4, 0.5) is 4.79 Å². The molecule has 0 bridgehead atoms. The summed E-state index contributed by atoms with van der Waals surface area (Å²) in [5.74, 6) is 1.40. The van der Waals surface area contributed by atoms with Crippen LogP contribution < -0.4 is 0 Å². The van der Waals surface area contributed by atoms with Gasteiger partial charge in [0.2, 0.25) is 0 Å². The van der Waals surface area contributed by atoms with Crippen LogP contribution in [0, 0.1) is 11.8 Å². The van der Waals surface area contributed by atoms with Gasteiger partial charge in [0.15, 0.2) is 0 Å². The van der Waals surface area contributed by atoms with E-state index in [4.69, 9.17) is 0 Å². The number of likely N-dealkylation sites (tertiary alicyclic amines) is 1. The van der Waals surface area contributed by atoms with Gasteiger partial charge >= 0.3 is 6.03 Å². The third kappa shape index (κ3) is 2.92. The zero-order valence-electron chi connectivity index (χ0n) is 11.4. The highest BCUT2D eigenvalue weighted by molar-refractivity contribution is 5.74. The molecule has 0 aromatic heterocycles. The second-order valence-corrected chi connectivity index (χ2v) is 5.81. The normalized spacial score (nSPS) is 26.9. The maximum absolute atomic E-state index is 12.3. The van der Waals surface area contributed by atoms with Crippen molar-refractivity contribution in [1.82, 2.24) is 14.7 Å². The first-order valence-electron chi connectivity index (χ1n) is 6.80. The van der Waals surface area contributed by atoms with Crippen LogP contribution in [0.15, 0.2) is 0 Å². The number of piperazine rings is 1. The highest BCUT2D eigenvalue weighted by atomic mass is 16.2. The van der Waals surface area contributed by atoms with Crippen LogP contribution in [0.5, 0.6) is 0 Å². The van der Waals surface area contributed by atoms with Crippen LogP contribution in [0.25, 0.3) is 0 Å². The first-order valence-corrected chi connectivity index (χ1v) is 6.80. The second kappa shape index (κ2) is 5.25. The molecule has 0 aliphatic carbocycles. The summed E-state index contributed by atoms with van der Waals surface area (Å²) in [5.41, 5.74) is 0. The maximum Gasteiger partial charge on any atom is 0.320 e. The first kappa shape index (κ1) is 12.7. The van der Waals surface area contributed by atoms with E-state index >= 15 is 0 Å². The number of amides is 2. The Morgan fingerprint density at radius 3 is 2.24 bits per heavy atom. The van der Waals surface area contributed by atoms with Crippen LogP contribution in [0.2, 0.25) is 0 Å². The van der Waals surface area contributed by atoms with E-state index in [1.807, 2.05) is 4.90 Å². The van der Waals surface area contributed by atoms with Crippen LogP contribution in [-0.2, 0) is 0 Å². The van der Waals surface area contributed by atoms with Crippen LogP contribution >= 0.6 is 0 Å². The number of hydrogen-bond donors (Lipinski definition) is 0. The van der Waals surface area contributed by atoms with E-state index in [-0.39, 0.29) is 6.03 Å². The number of nitrogens with zero attached hydrogens (tertiary/aromatic N) is 3. The molecule has 1 unspecified atom stereocenters. The zero-order chi connectivity index (χ0) is 12.4. The molecule has 2 saturated heterocycles. The smallest absolute Gasteiger partial charge is 0.320 e. The predicted octanol–water partition coefficient (Wildman–Crippen LogP) is 1.33. The summed E-state index contributed by atoms with van der Waals surface area (Å²) in [6, 6.07) is 0.265. The Labute approximate surface area is 105 Å². The van der Waals surface area contributed by atoms with Crippen molar-refractivity contribution in [2.75, 3.05) is 46.3 Å². The summed E-state index contributed by atoms with van der Waals surface area (Å²) < 4.78 is 0. The number of hydrogen-bond acceptors (Lipinski definition) is 2. The number of rotatable bonds is 1. The van der Waals surface area contributed by atoms with Gasteiger partial charge in [-0.15, -0.1) is 0 Å². The van der Waals surface area contributed by atoms with E-state index in [1.165, 1.54) is 6.42 Å². The Kier molecular flexibility index (Phi) is 3.92. The summed E-state index contributed by atoms with van der Waals surface area (Å²) >= 11 is 0. The molecule has 98 valence electrons. The van der Waals surface area contributed by atoms with Gasteiger partial charge in [-0.3, -0.25) is 0 Å². The molecule has 2 heterocycles. The lowest BCUT2D eigenvalue weighted by Crippen LogP contribution is -2.51. The van der Waals surface area contributed by atoms with E-state index < -0.39 is 0 Å². The Balaban J connectivity index is 1.84. The lowest BCUT2D eigenvalue weighted by atomic mass is 9.95. The fraction of sp³-hybridized carbons (Fsp3) is 0.923. The van der Waals surface area contributed by atoms with E-state index in [2.05, 4.69) is 30.7 Å². The summed E-state index contributed by atoms with van der Waals surface area (Å²) in [6.45, 7) is 10.2. The SMILES string of the molecule is CC(C)C1CCN(C(=O)N2CCN(C)CC2)C1. The number of likely N-dealkylation sites (N-methyl/N-ethyl adjacent to an activating group) is 1. The Morgan fingerprint density at radius 2 is 1.71 bits per heavy atom. The lowest BCUT2D eigenvalue weighted by Gasteiger charge is -2.35. The van der Waals surface area contributed by atoms with E-state index in [0.717, 1.165) is 39.3 Å². The standard InChI is InChI=1S/C13H25N3O/c1-11(2)12-4-5-16(10-12)13(17)15-8-6-14(3)7-9-15/h11-12H,4-10H2,1-3H3. The topological polar surface area (TPSA) is 26.8 Å². The summed E-state index contributed by atoms with van der Waals surface area (Å²) in [6.07, 6.45) is 1.18. The molecule has 17 heavy (non-hydrogen) atoms. The molecule has 0 aromatic carbocycles. The second-order valence-electron chi connectivity index (χ2n) is 5.81. The minimum absolute atomic E-state index is 0.265. The molecule has 2 rings (SSSR count). The van der Waals surface area contributed by atoms with Crippen LogP contribution in [0.3, 0.4) is 0 Å². The summed E-state index contributed by atoms with van der Waals surface area (Å²) in [7, 11) is 2.12. The van der Waals surface area contributed by atoms with Gasteiger partial charge in [0.05, 0.1) is 0 Å². The molecule has 1 atom stereocenters. The number of urea groups is 1. The summed E-state index contributed by atoms with van der Waals surface area (Å²) in [5, 5.41) is 0. The highest BCUT2D eigenvalue weighted by Gasteiger charge is 2.31. The molecule has 2 aliphatic rings. The molecule has 4 nitrogen and oxygen atoms in total. The molecule has 2 amide bonds. The van der Waals surface area contributed by atoms with Crippen molar-refractivity contribution < 1.29 is 4.79 Å². The van der Waals surface area contributed by atoms with Gasteiger partial charge < -0.3 is 14.7 Å². The van der Waals surface area contributed by atoms with Crippen molar-refractivity contribution in [3.8, 4) is 0 Å². The minimum Gasteiger partial charge on any atom is -0.324 e. The van der Waals surface area contributed by atoms with Crippen molar-refractivity contribution in [3.63, 3.8) is 0 Å². The molecule has 0 radical (unpaired) electrons. The van der Waals surface area contributed by atoms with Crippen molar-refractivity contribution in [3.05, 3.63) is 0 Å². The van der Waals surface area contributed by atoms with Crippen LogP contribution in [-0.4, -0.2) is 67.0 Å². The fourth-order valence-electron chi connectivity index (χ4n) is 2.70. The van der Waals surface area contributed by atoms with Crippen molar-refractivity contribution >= 4 is 6.03 Å². The van der Waals surface area contributed by atoms with Crippen molar-refractivity contribution in [2.45, 2.75) is 20.3 Å². The van der Waals surface area contributed by atoms with Gasteiger partial charge in [0.1, 0.15) is 0 Å². The molecular weight excluding hydrogens is 214 g/mol. The lowest BCUT2D eigenvalue weighted by molar-refractivity contribution is 0.127. The molecule has 4 heteroatoms. The average molecular weight is 239 g/mol. The van der Waals surface area contributed by atoms with Gasteiger partial charge in [0, 0.05) is 39.3 Å². The quantitative estimate of drug-likeness (QED) is 0.690. The molecule has 0 spiro atoms. The highest BCUT2D eigenvalue weighted by Crippen LogP contribution is 2.24. The molecule has 0 saturated carbocycles. The van der Waals surface area contributed by atoms with E-state index in [1.54, 1.807) is 0 Å². The molecule has 0 aromatic rings. The van der Waals surface area contributed by atoms with Gasteiger partial charge in [-0.2, -0.15) is 0 Å². The molecule has 0 N–H and O–H groups in total. The van der Waals surface area contributed by atoms with Gasteiger partial charge in [0.25, 0.3) is 0 Å². The Morgan fingerprint density at radius 1 is 1.06 bits per heavy atom. The van der Waals surface area contributed by atoms with Crippen molar-refractivity contribution in [1.29, 1.82) is 0 Å². The van der Waals surface area contributed by atoms with E-state index in [9.17, 15) is 4.79 Å². The molecular formula is C13H25N3O. The van der Waals surface area contributed by atoms with E-state index in [0.29, 0.717) is 11.8 Å². The minimum atomic E-state index is 0.265. The van der Waals surface area contributed by atoms with Crippen LogP contribution in [0.1, 0.15) is 20.3 Å². The Hall–Kier alpha value is -0.770. The monoisotopic (exact) mass is 239 g/mol. The summed E-state index contributed by atoms with van der Waals surface area (Å²) in [4.78, 5) is 18.7. The predicted molar refractivity (Wildman–Crippen MR) is 69.0 cm³/mol. The van der Waals surface area contributed by atoms with Gasteiger partial charge in [-0.05, 0) is 25.3 Å². The third-order valence-electron chi connectivity index (χ3n) is 4.21. The first-order chi connectivity index (χ1) is 8.08. The molecule has 2 fully saturated rings. The maximum atomic E-state index is 12.3. The zero-order valence-corrected chi connectivity index (χ0v) is 11.4. The molecule has 2 aliphatic heterocycles. The Bertz CT molecular complexity index is 272. The van der Waals surface area contributed by atoms with Gasteiger partial charge in [-0.25, -0.2) is 4.79 Å². The third-order valence-corrected chi connectivity index (χ3v) is 4.21. The fourth-order valence-corrected chi connectivity index (χ4v) is 2.70. The van der Waals surface area contributed by atoms with Crippen molar-refractivity contribution in [2.24, 2.45) is 11.8 Å². The van der Waals surface area contributed by atoms with Gasteiger partial charge in [-0.1, -0.05) is 13.8 Å². The number of carbonyl (C=O) groups excluding carboxylic acids is 1. The number of carbonyl (C=O) groups is 1.